The molecule has 0 bridgehead atoms. The fraction of sp³-hybridized carbons (Fsp3) is 0.294. The monoisotopic (exact) mass is 328 g/mol. The summed E-state index contributed by atoms with van der Waals surface area (Å²) in [5.41, 5.74) is -1.20. The van der Waals surface area contributed by atoms with E-state index in [9.17, 15) is 14.7 Å². The summed E-state index contributed by atoms with van der Waals surface area (Å²) >= 11 is 0. The molecule has 0 amide bonds. The summed E-state index contributed by atoms with van der Waals surface area (Å²) in [5, 5.41) is 10.4. The second-order valence-corrected chi connectivity index (χ2v) is 5.18. The van der Waals surface area contributed by atoms with Gasteiger partial charge in [0.15, 0.2) is 5.82 Å². The van der Waals surface area contributed by atoms with Gasteiger partial charge in [0.25, 0.3) is 5.56 Å². The normalized spacial score (nSPS) is 11.0. The summed E-state index contributed by atoms with van der Waals surface area (Å²) < 4.78 is 2.22. The van der Waals surface area contributed by atoms with Crippen molar-refractivity contribution in [1.29, 1.82) is 0 Å². The van der Waals surface area contributed by atoms with Gasteiger partial charge in [-0.15, -0.1) is 6.58 Å². The van der Waals surface area contributed by atoms with Crippen LogP contribution in [0.2, 0.25) is 0 Å². The Morgan fingerprint density at radius 1 is 1.33 bits per heavy atom. The third-order valence-corrected chi connectivity index (χ3v) is 3.46. The van der Waals surface area contributed by atoms with Crippen LogP contribution < -0.4 is 11.2 Å². The zero-order valence-electron chi connectivity index (χ0n) is 13.6. The van der Waals surface area contributed by atoms with Gasteiger partial charge in [0, 0.05) is 25.5 Å². The van der Waals surface area contributed by atoms with Gasteiger partial charge in [-0.25, -0.2) is 14.8 Å². The van der Waals surface area contributed by atoms with Crippen LogP contribution in [-0.2, 0) is 13.1 Å². The minimum atomic E-state index is -0.607. The summed E-state index contributed by atoms with van der Waals surface area (Å²) in [6, 6.07) is 5.18. The van der Waals surface area contributed by atoms with Crippen LogP contribution >= 0.6 is 0 Å². The average Bonchev–Trinajstić information content (AvgIpc) is 2.59. The van der Waals surface area contributed by atoms with Gasteiger partial charge in [-0.2, -0.15) is 0 Å². The van der Waals surface area contributed by atoms with Crippen LogP contribution in [0.25, 0.3) is 0 Å². The molecule has 2 heterocycles. The second kappa shape index (κ2) is 8.05. The summed E-state index contributed by atoms with van der Waals surface area (Å²) in [4.78, 5) is 33.0. The molecule has 0 aliphatic carbocycles. The van der Waals surface area contributed by atoms with Gasteiger partial charge in [-0.1, -0.05) is 25.5 Å². The molecule has 7 heteroatoms. The highest BCUT2D eigenvalue weighted by Gasteiger charge is 2.16. The minimum Gasteiger partial charge on any atom is -0.494 e. The maximum atomic E-state index is 12.5. The largest absolute Gasteiger partial charge is 0.494 e. The van der Waals surface area contributed by atoms with Crippen molar-refractivity contribution in [2.45, 2.75) is 32.9 Å². The molecule has 0 aromatic carbocycles. The Hall–Kier alpha value is -2.96. The molecule has 0 radical (unpaired) electrons. The third-order valence-electron chi connectivity index (χ3n) is 3.46. The first-order chi connectivity index (χ1) is 11.6. The molecule has 0 saturated heterocycles. The van der Waals surface area contributed by atoms with Crippen molar-refractivity contribution in [3.63, 3.8) is 0 Å². The predicted molar refractivity (Wildman–Crippen MR) is 93.2 cm³/mol. The van der Waals surface area contributed by atoms with E-state index < -0.39 is 11.2 Å². The third kappa shape index (κ3) is 3.68. The number of pyridine rings is 1. The van der Waals surface area contributed by atoms with Gasteiger partial charge in [-0.3, -0.25) is 13.9 Å². The zero-order chi connectivity index (χ0) is 17.5. The first kappa shape index (κ1) is 17.4. The quantitative estimate of drug-likeness (QED) is 0.620. The molecule has 1 N–H and O–H groups in total. The van der Waals surface area contributed by atoms with E-state index in [0.717, 1.165) is 11.0 Å². The lowest BCUT2D eigenvalue weighted by molar-refractivity contribution is 0.385. The van der Waals surface area contributed by atoms with Crippen molar-refractivity contribution in [2.24, 2.45) is 4.99 Å². The average molecular weight is 328 g/mol. The number of allylic oxidation sites excluding steroid dienone is 1. The van der Waals surface area contributed by atoms with E-state index in [-0.39, 0.29) is 18.0 Å². The van der Waals surface area contributed by atoms with Gasteiger partial charge in [-0.05, 0) is 18.6 Å². The number of unbranched alkanes of at least 4 members (excludes halogenated alkanes) is 1. The van der Waals surface area contributed by atoms with E-state index in [1.54, 1.807) is 24.4 Å². The van der Waals surface area contributed by atoms with E-state index in [1.165, 1.54) is 16.9 Å². The highest BCUT2D eigenvalue weighted by molar-refractivity contribution is 5.83. The van der Waals surface area contributed by atoms with Crippen LogP contribution in [0.15, 0.2) is 51.6 Å². The number of aromatic hydroxyl groups is 1. The Morgan fingerprint density at radius 3 is 2.75 bits per heavy atom. The second-order valence-electron chi connectivity index (χ2n) is 5.18. The number of hydrogen-bond acceptors (Lipinski definition) is 5. The Balaban J connectivity index is 2.59. The number of nitrogens with zero attached hydrogens (tertiary/aromatic N) is 4. The van der Waals surface area contributed by atoms with Gasteiger partial charge >= 0.3 is 5.69 Å². The van der Waals surface area contributed by atoms with Crippen LogP contribution in [-0.4, -0.2) is 25.4 Å². The molecule has 0 unspecified atom stereocenters. The summed E-state index contributed by atoms with van der Waals surface area (Å²) in [6.45, 7) is 5.93. The molecular formula is C17H20N4O3. The fourth-order valence-corrected chi connectivity index (χ4v) is 2.19. The highest BCUT2D eigenvalue weighted by atomic mass is 16.3. The lowest BCUT2D eigenvalue weighted by Crippen LogP contribution is -2.41. The number of rotatable bonds is 7. The molecule has 0 saturated carbocycles. The molecule has 0 aliphatic rings. The number of aliphatic imine (C=N–C) groups is 1. The molecular weight excluding hydrogens is 308 g/mol. The van der Waals surface area contributed by atoms with E-state index in [0.29, 0.717) is 18.8 Å². The van der Waals surface area contributed by atoms with Crippen molar-refractivity contribution < 1.29 is 5.11 Å². The lowest BCUT2D eigenvalue weighted by atomic mass is 10.3. The van der Waals surface area contributed by atoms with Crippen LogP contribution in [0.3, 0.4) is 0 Å². The van der Waals surface area contributed by atoms with Gasteiger partial charge in [0.1, 0.15) is 5.56 Å². The lowest BCUT2D eigenvalue weighted by Gasteiger charge is -2.13. The van der Waals surface area contributed by atoms with Crippen LogP contribution in [0.5, 0.6) is 5.88 Å². The molecule has 2 aromatic rings. The van der Waals surface area contributed by atoms with Gasteiger partial charge in [0.05, 0.1) is 0 Å². The Labute approximate surface area is 139 Å². The topological polar surface area (TPSA) is 89.5 Å². The van der Waals surface area contributed by atoms with Crippen molar-refractivity contribution in [2.75, 3.05) is 0 Å². The molecule has 0 atom stereocenters. The molecule has 0 aliphatic heterocycles. The first-order valence-electron chi connectivity index (χ1n) is 7.72. The van der Waals surface area contributed by atoms with Crippen molar-refractivity contribution >= 4 is 12.0 Å². The smallest absolute Gasteiger partial charge is 0.334 e. The van der Waals surface area contributed by atoms with Gasteiger partial charge < -0.3 is 5.11 Å². The van der Waals surface area contributed by atoms with Crippen molar-refractivity contribution in [3.8, 4) is 5.88 Å². The van der Waals surface area contributed by atoms with Crippen molar-refractivity contribution in [1.82, 2.24) is 14.1 Å². The highest BCUT2D eigenvalue weighted by Crippen LogP contribution is 2.12. The molecule has 0 fully saturated rings. The Kier molecular flexibility index (Phi) is 5.83. The molecule has 2 aromatic heterocycles. The Bertz CT molecular complexity index is 851. The maximum absolute atomic E-state index is 12.5. The number of hydrogen-bond donors (Lipinski definition) is 1. The summed E-state index contributed by atoms with van der Waals surface area (Å²) in [6.07, 6.45) is 5.83. The van der Waals surface area contributed by atoms with E-state index in [1.807, 2.05) is 6.92 Å². The molecule has 24 heavy (non-hydrogen) atoms. The van der Waals surface area contributed by atoms with E-state index in [4.69, 9.17) is 0 Å². The molecule has 2 rings (SSSR count). The summed E-state index contributed by atoms with van der Waals surface area (Å²) in [5.74, 6) is 0.0244. The van der Waals surface area contributed by atoms with Crippen molar-refractivity contribution in [3.05, 3.63) is 63.5 Å². The molecule has 0 spiro atoms. The Morgan fingerprint density at radius 2 is 2.12 bits per heavy atom. The van der Waals surface area contributed by atoms with E-state index >= 15 is 0 Å². The van der Waals surface area contributed by atoms with Crippen LogP contribution in [0, 0.1) is 0 Å². The van der Waals surface area contributed by atoms with Crippen LogP contribution in [0.4, 0.5) is 5.82 Å². The predicted octanol–water partition coefficient (Wildman–Crippen LogP) is 1.85. The number of aromatic nitrogens is 3. The molecule has 7 nitrogen and oxygen atoms in total. The van der Waals surface area contributed by atoms with E-state index in [2.05, 4.69) is 16.6 Å². The van der Waals surface area contributed by atoms with Crippen LogP contribution in [0.1, 0.15) is 25.3 Å². The fourth-order valence-electron chi connectivity index (χ4n) is 2.19. The summed E-state index contributed by atoms with van der Waals surface area (Å²) in [7, 11) is 0. The molecule has 126 valence electrons. The minimum absolute atomic E-state index is 0.0433. The maximum Gasteiger partial charge on any atom is 0.334 e. The standard InChI is InChI=1S/C17H20N4O3/c1-3-5-11-21-16(23)13(12-19-14-8-6-7-9-18-14)15(22)20(10-4-2)17(21)24/h4,6-9,12,23H,2-3,5,10-11H2,1H3. The van der Waals surface area contributed by atoms with Gasteiger partial charge in [0.2, 0.25) is 5.88 Å². The zero-order valence-corrected chi connectivity index (χ0v) is 13.6. The first-order valence-corrected chi connectivity index (χ1v) is 7.72. The SMILES string of the molecule is C=CCn1c(=O)c(C=Nc2ccccn2)c(O)n(CCCC)c1=O.